The highest BCUT2D eigenvalue weighted by Gasteiger charge is 2.30. The predicted octanol–water partition coefficient (Wildman–Crippen LogP) is 7.18. The topological polar surface area (TPSA) is 65.0 Å². The molecule has 1 N–H and O–H groups in total. The van der Waals surface area contributed by atoms with Crippen LogP contribution in [0.15, 0.2) is 0 Å². The maximum Gasteiger partial charge on any atom is 0.472 e. The normalized spacial score (nSPS) is 15.1. The van der Waals surface area contributed by atoms with Crippen LogP contribution in [0.25, 0.3) is 0 Å². The minimum Gasteiger partial charge on any atom is -0.375 e. The van der Waals surface area contributed by atoms with E-state index in [4.69, 9.17) is 13.8 Å². The van der Waals surface area contributed by atoms with E-state index in [1.807, 2.05) is 42.3 Å². The Balaban J connectivity index is 3.74. The minimum atomic E-state index is -4.06. The van der Waals surface area contributed by atoms with E-state index >= 15 is 0 Å². The summed E-state index contributed by atoms with van der Waals surface area (Å²) in [6, 6.07) is -0.0384. The van der Waals surface area contributed by atoms with Crippen LogP contribution in [0.2, 0.25) is 0 Å². The van der Waals surface area contributed by atoms with Gasteiger partial charge in [-0.3, -0.25) is 9.05 Å². The Morgan fingerprint density at radius 2 is 1.05 bits per heavy atom. The maximum atomic E-state index is 12.2. The lowest BCUT2D eigenvalue weighted by molar-refractivity contribution is -0.896. The summed E-state index contributed by atoms with van der Waals surface area (Å²) in [5.41, 5.74) is 0. The molecule has 0 aliphatic heterocycles. The Morgan fingerprint density at radius 3 is 1.46 bits per heavy atom. The fourth-order valence-electron chi connectivity index (χ4n) is 4.11. The molecule has 37 heavy (non-hydrogen) atoms. The number of unbranched alkanes of at least 4 members (excludes halogenated alkanes) is 15. The number of hydrogen-bond acceptors (Lipinski definition) is 4. The van der Waals surface area contributed by atoms with Gasteiger partial charge < -0.3 is 18.6 Å². The number of rotatable bonds is 27. The van der Waals surface area contributed by atoms with Gasteiger partial charge in [0, 0.05) is 6.61 Å². The van der Waals surface area contributed by atoms with Crippen molar-refractivity contribution in [1.29, 1.82) is 0 Å². The average Bonchev–Trinajstić information content (AvgIpc) is 2.78. The zero-order valence-corrected chi connectivity index (χ0v) is 26.7. The number of ether oxygens (including phenoxy) is 1. The molecule has 2 unspecified atom stereocenters. The van der Waals surface area contributed by atoms with Gasteiger partial charge in [-0.05, 0) is 6.42 Å². The Kier molecular flexibility index (Phi) is 21.8. The van der Waals surface area contributed by atoms with Crippen molar-refractivity contribution in [3.8, 4) is 0 Å². The molecule has 0 spiro atoms. The molecule has 0 saturated heterocycles. The first kappa shape index (κ1) is 37.0. The van der Waals surface area contributed by atoms with Gasteiger partial charge in [-0.2, -0.15) is 0 Å². The molecule has 0 aromatic rings. The van der Waals surface area contributed by atoms with Gasteiger partial charge in [-0.1, -0.05) is 103 Å². The van der Waals surface area contributed by atoms with E-state index in [1.54, 1.807) is 0 Å². The van der Waals surface area contributed by atoms with Gasteiger partial charge in [0.2, 0.25) is 0 Å². The lowest BCUT2D eigenvalue weighted by Gasteiger charge is -2.34. The van der Waals surface area contributed by atoms with Crippen molar-refractivity contribution in [3.05, 3.63) is 0 Å². The Hall–Kier alpha value is -0.0100. The first-order chi connectivity index (χ1) is 17.4. The third-order valence-corrected chi connectivity index (χ3v) is 7.98. The number of phosphoric ester groups is 1. The molecule has 0 aliphatic rings. The summed E-state index contributed by atoms with van der Waals surface area (Å²) in [5, 5.41) is 0. The molecule has 0 heterocycles. The van der Waals surface area contributed by atoms with E-state index in [9.17, 15) is 9.46 Å². The number of phosphoric acid groups is 1. The molecule has 7 nitrogen and oxygen atoms in total. The zero-order valence-electron chi connectivity index (χ0n) is 25.8. The van der Waals surface area contributed by atoms with Gasteiger partial charge in [0.05, 0.1) is 42.3 Å². The van der Waals surface area contributed by atoms with Crippen molar-refractivity contribution in [3.63, 3.8) is 0 Å². The van der Waals surface area contributed by atoms with Gasteiger partial charge in [0.15, 0.2) is 0 Å². The van der Waals surface area contributed by atoms with Crippen molar-refractivity contribution in [1.82, 2.24) is 0 Å². The van der Waals surface area contributed by atoms with Gasteiger partial charge in [-0.15, -0.1) is 0 Å². The van der Waals surface area contributed by atoms with Gasteiger partial charge >= 0.3 is 7.82 Å². The maximum absolute atomic E-state index is 12.2. The molecule has 0 fully saturated rings. The van der Waals surface area contributed by atoms with Crippen molar-refractivity contribution < 1.29 is 32.2 Å². The van der Waals surface area contributed by atoms with E-state index in [-0.39, 0.29) is 19.3 Å². The monoisotopic (exact) mass is 552 g/mol. The molecule has 0 bridgehead atoms. The Labute approximate surface area is 231 Å². The highest BCUT2D eigenvalue weighted by Crippen LogP contribution is 2.43. The van der Waals surface area contributed by atoms with Gasteiger partial charge in [0.25, 0.3) is 0 Å². The summed E-state index contributed by atoms with van der Waals surface area (Å²) in [5.74, 6) is 0. The van der Waals surface area contributed by atoms with Gasteiger partial charge in [-0.25, -0.2) is 4.57 Å². The number of hydrogen-bond donors (Lipinski definition) is 1. The molecule has 0 rings (SSSR count). The van der Waals surface area contributed by atoms with Crippen LogP contribution in [-0.2, 0) is 18.3 Å². The third kappa shape index (κ3) is 26.0. The van der Waals surface area contributed by atoms with Crippen LogP contribution in [0, 0.1) is 0 Å². The van der Waals surface area contributed by atoms with Crippen molar-refractivity contribution in [2.75, 3.05) is 75.3 Å². The Morgan fingerprint density at radius 1 is 0.622 bits per heavy atom. The molecule has 2 atom stereocenters. The summed E-state index contributed by atoms with van der Waals surface area (Å²) >= 11 is 0. The molecule has 0 aromatic carbocycles. The molecule has 224 valence electrons. The molecule has 0 aromatic heterocycles. The molecule has 8 heteroatoms. The van der Waals surface area contributed by atoms with Crippen LogP contribution < -0.4 is 0 Å². The number of quaternary nitrogens is 2. The molecular formula is C29H65N2O5P+2. The van der Waals surface area contributed by atoms with Crippen LogP contribution >= 0.6 is 7.82 Å². The largest absolute Gasteiger partial charge is 0.472 e. The SMILES string of the molecule is CCCCCCCCCCCCCCCCCCOCC(COP(=O)(O)OCC[N+](C)(C)C)[N+](C)(C)C. The second-order valence-electron chi connectivity index (χ2n) is 12.8. The van der Waals surface area contributed by atoms with Crippen molar-refractivity contribution in [2.24, 2.45) is 0 Å². The van der Waals surface area contributed by atoms with E-state index in [1.165, 1.54) is 96.3 Å². The second-order valence-corrected chi connectivity index (χ2v) is 14.2. The minimum absolute atomic E-state index is 0.0384. The molecule has 0 aliphatic carbocycles. The summed E-state index contributed by atoms with van der Waals surface area (Å²) in [6.45, 7) is 4.45. The average molecular weight is 553 g/mol. The first-order valence-corrected chi connectivity index (χ1v) is 16.7. The predicted molar refractivity (Wildman–Crippen MR) is 157 cm³/mol. The fraction of sp³-hybridized carbons (Fsp3) is 1.00. The van der Waals surface area contributed by atoms with E-state index < -0.39 is 7.82 Å². The van der Waals surface area contributed by atoms with Crippen LogP contribution in [0.3, 0.4) is 0 Å². The zero-order chi connectivity index (χ0) is 28.0. The van der Waals surface area contributed by atoms with Crippen LogP contribution in [-0.4, -0.2) is 95.2 Å². The van der Waals surface area contributed by atoms with Gasteiger partial charge in [0.1, 0.15) is 32.4 Å². The standard InChI is InChI=1S/C29H64N2O5P/c1-8-9-10-11-12-13-14-15-16-17-18-19-20-21-22-23-25-34-27-29(31(5,6)7)28-36-37(32,33)35-26-24-30(2,3)4/h29H,8-28H2,1-7H3/q+1/p+1. The van der Waals surface area contributed by atoms with E-state index in [2.05, 4.69) is 6.92 Å². The first-order valence-electron chi connectivity index (χ1n) is 15.2. The molecular weight excluding hydrogens is 487 g/mol. The summed E-state index contributed by atoms with van der Waals surface area (Å²) < 4.78 is 29.9. The number of likely N-dealkylation sites (N-methyl/N-ethyl adjacent to an activating group) is 2. The van der Waals surface area contributed by atoms with E-state index in [0.717, 1.165) is 13.0 Å². The summed E-state index contributed by atoms with van der Waals surface area (Å²) in [7, 11) is 8.12. The highest BCUT2D eigenvalue weighted by molar-refractivity contribution is 7.47. The van der Waals surface area contributed by atoms with Crippen LogP contribution in [0.1, 0.15) is 110 Å². The lowest BCUT2D eigenvalue weighted by Crippen LogP contribution is -2.50. The molecule has 0 amide bonds. The van der Waals surface area contributed by atoms with Crippen molar-refractivity contribution >= 4 is 7.82 Å². The summed E-state index contributed by atoms with van der Waals surface area (Å²) in [6.07, 6.45) is 21.7. The second kappa shape index (κ2) is 21.8. The van der Waals surface area contributed by atoms with Crippen LogP contribution in [0.4, 0.5) is 0 Å². The third-order valence-electron chi connectivity index (χ3n) is 6.99. The quantitative estimate of drug-likeness (QED) is 0.0664. The Bertz CT molecular complexity index is 563. The van der Waals surface area contributed by atoms with E-state index in [0.29, 0.717) is 22.1 Å². The summed E-state index contributed by atoms with van der Waals surface area (Å²) in [4.78, 5) is 10.0. The van der Waals surface area contributed by atoms with Crippen LogP contribution in [0.5, 0.6) is 0 Å². The molecule has 0 radical (unpaired) electrons. The van der Waals surface area contributed by atoms with Crippen molar-refractivity contribution in [2.45, 2.75) is 116 Å². The number of nitrogens with zero attached hydrogens (tertiary/aromatic N) is 2. The highest BCUT2D eigenvalue weighted by atomic mass is 31.2. The lowest BCUT2D eigenvalue weighted by atomic mass is 10.0. The smallest absolute Gasteiger partial charge is 0.375 e. The molecule has 0 saturated carbocycles. The fourth-order valence-corrected chi connectivity index (χ4v) is 4.86.